The molecule has 1 saturated heterocycles. The van der Waals surface area contributed by atoms with Crippen LogP contribution in [0.25, 0.3) is 10.9 Å². The monoisotopic (exact) mass is 398 g/mol. The van der Waals surface area contributed by atoms with E-state index in [1.165, 1.54) is 43.1 Å². The van der Waals surface area contributed by atoms with E-state index in [2.05, 4.69) is 46.3 Å². The highest BCUT2D eigenvalue weighted by atomic mass is 35.5. The number of halogens is 2. The highest BCUT2D eigenvalue weighted by Gasteiger charge is 2.18. The molecule has 146 valence electrons. The number of fused-ring (bicyclic) bond motifs is 1. The number of nitrogens with one attached hydrogen (secondary N) is 1. The van der Waals surface area contributed by atoms with E-state index < -0.39 is 5.82 Å². The zero-order valence-electron chi connectivity index (χ0n) is 16.2. The van der Waals surface area contributed by atoms with Crippen LogP contribution in [0.4, 0.5) is 15.9 Å². The molecule has 0 radical (unpaired) electrons. The molecule has 2 aromatic carbocycles. The van der Waals surface area contributed by atoms with Gasteiger partial charge in [0.1, 0.15) is 18.0 Å². The maximum Gasteiger partial charge on any atom is 0.141 e. The highest BCUT2D eigenvalue weighted by Crippen LogP contribution is 2.30. The topological polar surface area (TPSA) is 41.1 Å². The molecule has 1 aromatic heterocycles. The van der Waals surface area contributed by atoms with Gasteiger partial charge in [-0.2, -0.15) is 0 Å². The van der Waals surface area contributed by atoms with Crippen LogP contribution >= 0.6 is 11.6 Å². The van der Waals surface area contributed by atoms with Crippen molar-refractivity contribution in [2.45, 2.75) is 26.2 Å². The lowest BCUT2D eigenvalue weighted by molar-refractivity contribution is 0.219. The number of anilines is 2. The quantitative estimate of drug-likeness (QED) is 0.642. The Hall–Kier alpha value is -2.24. The summed E-state index contributed by atoms with van der Waals surface area (Å²) >= 11 is 5.91. The molecule has 0 saturated carbocycles. The second kappa shape index (κ2) is 8.02. The van der Waals surface area contributed by atoms with Gasteiger partial charge in [0.25, 0.3) is 0 Å². The van der Waals surface area contributed by atoms with Crippen LogP contribution in [0.2, 0.25) is 5.02 Å². The number of aromatic nitrogens is 2. The van der Waals surface area contributed by atoms with E-state index in [0.29, 0.717) is 17.4 Å². The smallest absolute Gasteiger partial charge is 0.141 e. The van der Waals surface area contributed by atoms with Crippen molar-refractivity contribution in [3.05, 3.63) is 58.6 Å². The van der Waals surface area contributed by atoms with Crippen LogP contribution in [0, 0.1) is 18.7 Å². The van der Waals surface area contributed by atoms with Gasteiger partial charge in [-0.1, -0.05) is 11.6 Å². The Morgan fingerprint density at radius 2 is 1.96 bits per heavy atom. The summed E-state index contributed by atoms with van der Waals surface area (Å²) in [6.07, 6.45) is 5.09. The fraction of sp³-hybridized carbons (Fsp3) is 0.364. The van der Waals surface area contributed by atoms with Crippen molar-refractivity contribution < 1.29 is 4.39 Å². The Morgan fingerprint density at radius 1 is 1.18 bits per heavy atom. The van der Waals surface area contributed by atoms with Crippen LogP contribution < -0.4 is 5.32 Å². The normalized spacial score (nSPS) is 15.9. The van der Waals surface area contributed by atoms with E-state index in [9.17, 15) is 4.39 Å². The molecular formula is C22H24ClFN4. The summed E-state index contributed by atoms with van der Waals surface area (Å²) < 4.78 is 13.4. The van der Waals surface area contributed by atoms with E-state index in [1.54, 1.807) is 18.5 Å². The predicted molar refractivity (Wildman–Crippen MR) is 113 cm³/mol. The Labute approximate surface area is 169 Å². The van der Waals surface area contributed by atoms with Gasteiger partial charge in [-0.25, -0.2) is 14.4 Å². The van der Waals surface area contributed by atoms with Crippen LogP contribution in [-0.4, -0.2) is 35.0 Å². The van der Waals surface area contributed by atoms with Gasteiger partial charge in [-0.05, 0) is 93.7 Å². The summed E-state index contributed by atoms with van der Waals surface area (Å²) in [5, 5.41) is 4.32. The third-order valence-electron chi connectivity index (χ3n) is 5.62. The number of hydrogen-bond donors (Lipinski definition) is 1. The first-order chi connectivity index (χ1) is 13.5. The first-order valence-electron chi connectivity index (χ1n) is 9.64. The first kappa shape index (κ1) is 19.1. The van der Waals surface area contributed by atoms with Crippen LogP contribution in [0.1, 0.15) is 24.0 Å². The van der Waals surface area contributed by atoms with E-state index in [4.69, 9.17) is 11.6 Å². The molecule has 0 aliphatic carbocycles. The summed E-state index contributed by atoms with van der Waals surface area (Å²) in [6, 6.07) is 8.91. The molecule has 0 bridgehead atoms. The third kappa shape index (κ3) is 4.10. The first-order valence-corrected chi connectivity index (χ1v) is 10.0. The fourth-order valence-electron chi connectivity index (χ4n) is 3.86. The van der Waals surface area contributed by atoms with Crippen molar-refractivity contribution in [3.8, 4) is 0 Å². The molecule has 1 fully saturated rings. The number of likely N-dealkylation sites (tertiary alicyclic amines) is 1. The molecule has 4 nitrogen and oxygen atoms in total. The average molecular weight is 399 g/mol. The lowest BCUT2D eigenvalue weighted by atomic mass is 9.88. The van der Waals surface area contributed by atoms with Gasteiger partial charge in [0.05, 0.1) is 10.5 Å². The molecular weight excluding hydrogens is 375 g/mol. The van der Waals surface area contributed by atoms with Crippen LogP contribution in [0.5, 0.6) is 0 Å². The third-order valence-corrected chi connectivity index (χ3v) is 5.91. The molecule has 6 heteroatoms. The number of nitrogens with zero attached hydrogens (tertiary/aromatic N) is 3. The second-order valence-corrected chi connectivity index (χ2v) is 8.13. The molecule has 2 heterocycles. The SMILES string of the molecule is Cc1cc2ncnc(Nc3ccc(F)c(Cl)c3)c2cc1CC1CCN(C)CC1. The summed E-state index contributed by atoms with van der Waals surface area (Å²) in [6.45, 7) is 4.48. The second-order valence-electron chi connectivity index (χ2n) is 7.72. The Kier molecular flexibility index (Phi) is 5.47. The molecule has 1 aliphatic heterocycles. The molecule has 0 amide bonds. The molecule has 0 unspecified atom stereocenters. The van der Waals surface area contributed by atoms with E-state index >= 15 is 0 Å². The summed E-state index contributed by atoms with van der Waals surface area (Å²) in [5.74, 6) is 0.984. The van der Waals surface area contributed by atoms with Crippen molar-refractivity contribution in [2.24, 2.45) is 5.92 Å². The van der Waals surface area contributed by atoms with Gasteiger partial charge in [0, 0.05) is 11.1 Å². The molecule has 0 atom stereocenters. The fourth-order valence-corrected chi connectivity index (χ4v) is 4.04. The minimum Gasteiger partial charge on any atom is -0.340 e. The standard InChI is InChI=1S/C22H24ClFN4/c1-14-9-21-18(11-16(14)10-15-5-7-28(2)8-6-15)22(26-13-25-21)27-17-3-4-20(24)19(23)12-17/h3-4,9,11-13,15H,5-8,10H2,1-2H3,(H,25,26,27). The van der Waals surface area contributed by atoms with Crippen LogP contribution in [-0.2, 0) is 6.42 Å². The minimum atomic E-state index is -0.434. The summed E-state index contributed by atoms with van der Waals surface area (Å²) in [5.41, 5.74) is 4.21. The Morgan fingerprint density at radius 3 is 2.71 bits per heavy atom. The molecule has 4 rings (SSSR count). The Balaban J connectivity index is 1.64. The maximum absolute atomic E-state index is 13.4. The van der Waals surface area contributed by atoms with Crippen LogP contribution in [0.15, 0.2) is 36.7 Å². The number of aryl methyl sites for hydroxylation is 1. The lowest BCUT2D eigenvalue weighted by Gasteiger charge is -2.29. The van der Waals surface area contributed by atoms with E-state index in [0.717, 1.165) is 17.3 Å². The molecule has 1 aliphatic rings. The van der Waals surface area contributed by atoms with E-state index in [-0.39, 0.29) is 5.02 Å². The highest BCUT2D eigenvalue weighted by molar-refractivity contribution is 6.31. The average Bonchev–Trinajstić information content (AvgIpc) is 2.67. The number of hydrogen-bond acceptors (Lipinski definition) is 4. The van der Waals surface area contributed by atoms with E-state index in [1.807, 2.05) is 0 Å². The number of piperidine rings is 1. The number of benzene rings is 2. The zero-order chi connectivity index (χ0) is 19.7. The van der Waals surface area contributed by atoms with Gasteiger partial charge in [-0.15, -0.1) is 0 Å². The van der Waals surface area contributed by atoms with Gasteiger partial charge >= 0.3 is 0 Å². The van der Waals surface area contributed by atoms with Gasteiger partial charge in [0.2, 0.25) is 0 Å². The predicted octanol–water partition coefficient (Wildman–Crippen LogP) is 5.36. The molecule has 28 heavy (non-hydrogen) atoms. The largest absolute Gasteiger partial charge is 0.340 e. The molecule has 0 spiro atoms. The maximum atomic E-state index is 13.4. The molecule has 3 aromatic rings. The summed E-state index contributed by atoms with van der Waals surface area (Å²) in [7, 11) is 2.19. The zero-order valence-corrected chi connectivity index (χ0v) is 16.9. The van der Waals surface area contributed by atoms with Gasteiger partial charge < -0.3 is 10.2 Å². The van der Waals surface area contributed by atoms with Crippen LogP contribution in [0.3, 0.4) is 0 Å². The van der Waals surface area contributed by atoms with Gasteiger partial charge in [0.15, 0.2) is 0 Å². The van der Waals surface area contributed by atoms with Crippen molar-refractivity contribution in [2.75, 3.05) is 25.5 Å². The Bertz CT molecular complexity index is 999. The molecule has 1 N–H and O–H groups in total. The van der Waals surface area contributed by atoms with Crippen molar-refractivity contribution >= 4 is 34.0 Å². The lowest BCUT2D eigenvalue weighted by Crippen LogP contribution is -2.31. The summed E-state index contributed by atoms with van der Waals surface area (Å²) in [4.78, 5) is 11.2. The van der Waals surface area contributed by atoms with Crippen molar-refractivity contribution in [1.82, 2.24) is 14.9 Å². The van der Waals surface area contributed by atoms with Crippen molar-refractivity contribution in [1.29, 1.82) is 0 Å². The minimum absolute atomic E-state index is 0.0853. The van der Waals surface area contributed by atoms with Gasteiger partial charge in [-0.3, -0.25) is 0 Å². The number of rotatable bonds is 4. The van der Waals surface area contributed by atoms with Crippen molar-refractivity contribution in [3.63, 3.8) is 0 Å².